The molecule has 0 fully saturated rings. The lowest BCUT2D eigenvalue weighted by Crippen LogP contribution is -2.22. The van der Waals surface area contributed by atoms with E-state index >= 15 is 0 Å². The molecule has 25 heavy (non-hydrogen) atoms. The van der Waals surface area contributed by atoms with Gasteiger partial charge in [0.25, 0.3) is 0 Å². The van der Waals surface area contributed by atoms with Crippen LogP contribution in [0.3, 0.4) is 0 Å². The van der Waals surface area contributed by atoms with Crippen molar-refractivity contribution in [3.8, 4) is 11.3 Å². The molecule has 0 aliphatic carbocycles. The van der Waals surface area contributed by atoms with Gasteiger partial charge in [-0.1, -0.05) is 47.3 Å². The van der Waals surface area contributed by atoms with E-state index in [4.69, 9.17) is 4.52 Å². The van der Waals surface area contributed by atoms with E-state index in [-0.39, 0.29) is 11.2 Å². The molecule has 1 amide bonds. The third-order valence-corrected chi connectivity index (χ3v) is 4.39. The predicted octanol–water partition coefficient (Wildman–Crippen LogP) is 3.87. The van der Waals surface area contributed by atoms with Gasteiger partial charge in [-0.05, 0) is 26.8 Å². The lowest BCUT2D eigenvalue weighted by Gasteiger charge is -2.11. The number of nitrogens with one attached hydrogen (secondary N) is 1. The van der Waals surface area contributed by atoms with Crippen LogP contribution in [-0.4, -0.2) is 26.3 Å². The fraction of sp³-hybridized carbons (Fsp3) is 0.222. The molecule has 0 spiro atoms. The molecule has 0 aliphatic heterocycles. The lowest BCUT2D eigenvalue weighted by molar-refractivity contribution is -0.115. The number of aromatic nitrogens is 3. The van der Waals surface area contributed by atoms with E-state index in [2.05, 4.69) is 20.4 Å². The Kier molecular flexibility index (Phi) is 5.14. The van der Waals surface area contributed by atoms with Crippen molar-refractivity contribution in [1.29, 1.82) is 0 Å². The van der Waals surface area contributed by atoms with E-state index in [1.54, 1.807) is 19.9 Å². The molecule has 0 radical (unpaired) electrons. The van der Waals surface area contributed by atoms with Gasteiger partial charge in [-0.3, -0.25) is 4.79 Å². The van der Waals surface area contributed by atoms with Crippen molar-refractivity contribution in [1.82, 2.24) is 15.1 Å². The molecule has 0 saturated heterocycles. The molecule has 2 aromatic heterocycles. The van der Waals surface area contributed by atoms with Crippen LogP contribution in [0.1, 0.15) is 18.4 Å². The second-order valence-corrected chi connectivity index (χ2v) is 6.92. The first-order valence-corrected chi connectivity index (χ1v) is 8.71. The number of rotatable bonds is 5. The minimum Gasteiger partial charge on any atom is -0.360 e. The van der Waals surface area contributed by atoms with Crippen LogP contribution >= 0.6 is 11.8 Å². The maximum atomic E-state index is 12.3. The summed E-state index contributed by atoms with van der Waals surface area (Å²) in [5, 5.41) is 6.68. The highest BCUT2D eigenvalue weighted by molar-refractivity contribution is 8.00. The maximum Gasteiger partial charge on any atom is 0.238 e. The van der Waals surface area contributed by atoms with Crippen LogP contribution in [-0.2, 0) is 4.79 Å². The summed E-state index contributed by atoms with van der Waals surface area (Å²) in [5.74, 6) is 0.875. The first-order valence-electron chi connectivity index (χ1n) is 7.83. The second-order valence-electron chi connectivity index (χ2n) is 5.62. The average Bonchev–Trinajstić information content (AvgIpc) is 3.00. The zero-order valence-corrected chi connectivity index (χ0v) is 15.0. The summed E-state index contributed by atoms with van der Waals surface area (Å²) >= 11 is 1.31. The van der Waals surface area contributed by atoms with E-state index in [1.807, 2.05) is 43.3 Å². The Morgan fingerprint density at radius 2 is 1.92 bits per heavy atom. The number of amides is 1. The Bertz CT molecular complexity index is 880. The first-order chi connectivity index (χ1) is 12.0. The Balaban J connectivity index is 1.73. The number of anilines is 1. The van der Waals surface area contributed by atoms with Crippen molar-refractivity contribution in [3.05, 3.63) is 53.9 Å². The molecule has 1 atom stereocenters. The molecule has 6 nitrogen and oxygen atoms in total. The number of nitrogens with zero attached hydrogens (tertiary/aromatic N) is 3. The zero-order valence-electron chi connectivity index (χ0n) is 14.2. The molecular weight excluding hydrogens is 336 g/mol. The normalized spacial score (nSPS) is 12.0. The molecule has 0 bridgehead atoms. The van der Waals surface area contributed by atoms with E-state index in [9.17, 15) is 4.79 Å². The average molecular weight is 354 g/mol. The van der Waals surface area contributed by atoms with Crippen LogP contribution in [0.5, 0.6) is 0 Å². The van der Waals surface area contributed by atoms with Crippen molar-refractivity contribution >= 4 is 23.5 Å². The van der Waals surface area contributed by atoms with Crippen molar-refractivity contribution in [2.45, 2.75) is 31.2 Å². The Hall–Kier alpha value is -2.67. The molecule has 1 aromatic carbocycles. The number of thioether (sulfide) groups is 1. The van der Waals surface area contributed by atoms with E-state index in [0.29, 0.717) is 16.7 Å². The van der Waals surface area contributed by atoms with Crippen molar-refractivity contribution in [3.63, 3.8) is 0 Å². The van der Waals surface area contributed by atoms with Gasteiger partial charge >= 0.3 is 0 Å². The van der Waals surface area contributed by atoms with Crippen molar-refractivity contribution in [2.75, 3.05) is 5.32 Å². The van der Waals surface area contributed by atoms with Crippen LogP contribution in [0, 0.1) is 13.8 Å². The summed E-state index contributed by atoms with van der Waals surface area (Å²) in [6, 6.07) is 13.5. The smallest absolute Gasteiger partial charge is 0.238 e. The van der Waals surface area contributed by atoms with Gasteiger partial charge in [0.15, 0.2) is 11.0 Å². The lowest BCUT2D eigenvalue weighted by atomic mass is 10.1. The highest BCUT2D eigenvalue weighted by Crippen LogP contribution is 2.25. The Morgan fingerprint density at radius 1 is 1.16 bits per heavy atom. The standard InChI is InChI=1S/C18H18N4O2S/c1-11-9-15(14-7-5-4-6-8-14)20-18(19-11)25-13(3)17(23)21-16-10-12(2)24-22-16/h4-10,13H,1-3H3,(H,21,22,23)/t13-/m0/s1. The molecule has 1 N–H and O–H groups in total. The van der Waals surface area contributed by atoms with Crippen molar-refractivity contribution in [2.24, 2.45) is 0 Å². The maximum absolute atomic E-state index is 12.3. The minimum absolute atomic E-state index is 0.176. The number of benzene rings is 1. The van der Waals surface area contributed by atoms with Gasteiger partial charge in [-0.15, -0.1) is 0 Å². The van der Waals surface area contributed by atoms with Gasteiger partial charge in [0.2, 0.25) is 5.91 Å². The SMILES string of the molecule is Cc1cc(-c2ccccc2)nc(S[C@@H](C)C(=O)Nc2cc(C)on2)n1. The van der Waals surface area contributed by atoms with Crippen LogP contribution in [0.4, 0.5) is 5.82 Å². The molecule has 0 aliphatic rings. The van der Waals surface area contributed by atoms with Crippen molar-refractivity contribution < 1.29 is 9.32 Å². The molecular formula is C18H18N4O2S. The first kappa shape index (κ1) is 17.2. The monoisotopic (exact) mass is 354 g/mol. The summed E-state index contributed by atoms with van der Waals surface area (Å²) in [4.78, 5) is 21.3. The van der Waals surface area contributed by atoms with Crippen LogP contribution in [0.2, 0.25) is 0 Å². The third-order valence-electron chi connectivity index (χ3n) is 3.43. The topological polar surface area (TPSA) is 80.9 Å². The molecule has 7 heteroatoms. The van der Waals surface area contributed by atoms with E-state index < -0.39 is 0 Å². The summed E-state index contributed by atoms with van der Waals surface area (Å²) in [6.45, 7) is 5.49. The summed E-state index contributed by atoms with van der Waals surface area (Å²) in [6.07, 6.45) is 0. The summed E-state index contributed by atoms with van der Waals surface area (Å²) in [5.41, 5.74) is 2.72. The quantitative estimate of drug-likeness (QED) is 0.553. The van der Waals surface area contributed by atoms with Crippen LogP contribution in [0.25, 0.3) is 11.3 Å². The predicted molar refractivity (Wildman–Crippen MR) is 97.4 cm³/mol. The van der Waals surface area contributed by atoms with E-state index in [1.165, 1.54) is 11.8 Å². The van der Waals surface area contributed by atoms with Crippen LogP contribution in [0.15, 0.2) is 52.1 Å². The third kappa shape index (κ3) is 4.45. The molecule has 3 aromatic rings. The fourth-order valence-electron chi connectivity index (χ4n) is 2.22. The number of carbonyl (C=O) groups excluding carboxylic acids is 1. The number of hydrogen-bond acceptors (Lipinski definition) is 6. The minimum atomic E-state index is -0.373. The molecule has 128 valence electrons. The molecule has 0 unspecified atom stereocenters. The molecule has 3 rings (SSSR count). The Labute approximate surface area is 150 Å². The van der Waals surface area contributed by atoms with Crippen LogP contribution < -0.4 is 5.32 Å². The zero-order chi connectivity index (χ0) is 17.8. The molecule has 0 saturated carbocycles. The Morgan fingerprint density at radius 3 is 2.60 bits per heavy atom. The van der Waals surface area contributed by atoms with Gasteiger partial charge in [0.1, 0.15) is 5.76 Å². The fourth-order valence-corrected chi connectivity index (χ4v) is 3.05. The van der Waals surface area contributed by atoms with Gasteiger partial charge in [0.05, 0.1) is 10.9 Å². The summed E-state index contributed by atoms with van der Waals surface area (Å²) < 4.78 is 4.95. The number of aryl methyl sites for hydroxylation is 2. The highest BCUT2D eigenvalue weighted by atomic mass is 32.2. The summed E-state index contributed by atoms with van der Waals surface area (Å²) in [7, 11) is 0. The highest BCUT2D eigenvalue weighted by Gasteiger charge is 2.18. The second kappa shape index (κ2) is 7.48. The van der Waals surface area contributed by atoms with Gasteiger partial charge in [-0.25, -0.2) is 9.97 Å². The largest absolute Gasteiger partial charge is 0.360 e. The number of carbonyl (C=O) groups is 1. The van der Waals surface area contributed by atoms with Gasteiger partial charge in [-0.2, -0.15) is 0 Å². The molecule has 2 heterocycles. The van der Waals surface area contributed by atoms with E-state index in [0.717, 1.165) is 17.0 Å². The number of hydrogen-bond donors (Lipinski definition) is 1. The van der Waals surface area contributed by atoms with Gasteiger partial charge in [0, 0.05) is 17.3 Å². The van der Waals surface area contributed by atoms with Gasteiger partial charge < -0.3 is 9.84 Å².